The Morgan fingerprint density at radius 2 is 1.32 bits per heavy atom. The van der Waals surface area contributed by atoms with Gasteiger partial charge in [0.25, 0.3) is 0 Å². The van der Waals surface area contributed by atoms with Gasteiger partial charge in [-0.25, -0.2) is 0 Å². The lowest BCUT2D eigenvalue weighted by Crippen LogP contribution is -2.67. The SMILES string of the molecule is CC1(C)CC[C@]2(C(=O)O[C@@H]3O[C@H](CO)[C@@H](O)[C@H](O)[C@H]3O)CC[C@]3(C)C(=CCC4[C@@]5(C)CC[C@H](O[C@@H]6OC[C@H](O)[C@H](O)[C@H]6C[C@@H]6O[C@H](CO)[C@@H](O)[C@H](O)[C@H]6O)[C@@](C)(CO)C5CC[C@]43C)[C@@H]2C1. The molecule has 17 nitrogen and oxygen atoms in total. The van der Waals surface area contributed by atoms with E-state index in [-0.39, 0.29) is 59.0 Å². The first-order chi connectivity index (χ1) is 30.5. The molecule has 17 heteroatoms. The number of carbonyl (C=O) groups excluding carboxylic acids is 1. The van der Waals surface area contributed by atoms with Crippen LogP contribution in [0, 0.1) is 56.2 Å². The molecule has 2 unspecified atom stereocenters. The molecule has 11 N–H and O–H groups in total. The van der Waals surface area contributed by atoms with Gasteiger partial charge in [-0.2, -0.15) is 0 Å². The van der Waals surface area contributed by atoms with E-state index in [1.165, 1.54) is 5.57 Å². The van der Waals surface area contributed by atoms with Crippen molar-refractivity contribution in [3.05, 3.63) is 11.6 Å². The fourth-order valence-electron chi connectivity index (χ4n) is 15.3. The van der Waals surface area contributed by atoms with Crippen molar-refractivity contribution in [1.82, 2.24) is 0 Å². The van der Waals surface area contributed by atoms with Crippen LogP contribution in [0.2, 0.25) is 0 Å². The maximum Gasteiger partial charge on any atom is 0.315 e. The van der Waals surface area contributed by atoms with Crippen molar-refractivity contribution in [3.63, 3.8) is 0 Å². The highest BCUT2D eigenvalue weighted by Crippen LogP contribution is 2.76. The molecule has 0 bridgehead atoms. The van der Waals surface area contributed by atoms with Crippen LogP contribution in [-0.4, -0.2) is 174 Å². The van der Waals surface area contributed by atoms with Crippen LogP contribution in [0.25, 0.3) is 0 Å². The molecule has 3 heterocycles. The molecule has 3 aliphatic heterocycles. The predicted octanol–water partition coefficient (Wildman–Crippen LogP) is 0.416. The molecular formula is C48H78O17. The molecule has 0 aromatic rings. The Kier molecular flexibility index (Phi) is 13.7. The van der Waals surface area contributed by atoms with Crippen molar-refractivity contribution in [2.24, 2.45) is 56.2 Å². The first-order valence-electron chi connectivity index (χ1n) is 24.2. The van der Waals surface area contributed by atoms with Gasteiger partial charge in [-0.05, 0) is 110 Å². The van der Waals surface area contributed by atoms with Gasteiger partial charge in [0.1, 0.15) is 54.9 Å². The molecule has 372 valence electrons. The van der Waals surface area contributed by atoms with Crippen LogP contribution in [0.1, 0.15) is 112 Å². The molecule has 0 aromatic carbocycles. The largest absolute Gasteiger partial charge is 0.432 e. The molecule has 0 spiro atoms. The first-order valence-corrected chi connectivity index (χ1v) is 24.2. The fraction of sp³-hybridized carbons (Fsp3) is 0.938. The highest BCUT2D eigenvalue weighted by atomic mass is 16.7. The molecule has 8 rings (SSSR count). The summed E-state index contributed by atoms with van der Waals surface area (Å²) >= 11 is 0. The molecule has 5 aliphatic carbocycles. The van der Waals surface area contributed by atoms with Crippen LogP contribution < -0.4 is 0 Å². The van der Waals surface area contributed by atoms with Gasteiger partial charge < -0.3 is 79.9 Å². The van der Waals surface area contributed by atoms with Crippen molar-refractivity contribution < 1.29 is 84.7 Å². The Balaban J connectivity index is 1.04. The summed E-state index contributed by atoms with van der Waals surface area (Å²) in [6, 6.07) is 0. The van der Waals surface area contributed by atoms with Gasteiger partial charge in [-0.1, -0.05) is 53.2 Å². The van der Waals surface area contributed by atoms with Gasteiger partial charge in [0.05, 0.1) is 50.2 Å². The quantitative estimate of drug-likeness (QED) is 0.0849. The van der Waals surface area contributed by atoms with E-state index in [2.05, 4.69) is 47.6 Å². The Morgan fingerprint density at radius 3 is 1.98 bits per heavy atom. The maximum absolute atomic E-state index is 14.7. The average Bonchev–Trinajstić information content (AvgIpc) is 3.27. The van der Waals surface area contributed by atoms with Crippen LogP contribution in [0.15, 0.2) is 11.6 Å². The second-order valence-electron chi connectivity index (χ2n) is 23.3. The van der Waals surface area contributed by atoms with Gasteiger partial charge in [0.15, 0.2) is 6.29 Å². The molecule has 23 atom stereocenters. The highest BCUT2D eigenvalue weighted by Gasteiger charge is 2.70. The minimum atomic E-state index is -1.69. The van der Waals surface area contributed by atoms with Crippen LogP contribution in [0.5, 0.6) is 0 Å². The number of esters is 1. The first kappa shape index (κ1) is 50.0. The third-order valence-corrected chi connectivity index (χ3v) is 19.6. The van der Waals surface area contributed by atoms with Crippen LogP contribution in [0.4, 0.5) is 0 Å². The topological polar surface area (TPSA) is 286 Å². The van der Waals surface area contributed by atoms with Gasteiger partial charge in [-0.15, -0.1) is 0 Å². The zero-order valence-corrected chi connectivity index (χ0v) is 38.9. The van der Waals surface area contributed by atoms with E-state index < -0.39 is 122 Å². The van der Waals surface area contributed by atoms with E-state index in [1.54, 1.807) is 0 Å². The Labute approximate surface area is 382 Å². The zero-order chi connectivity index (χ0) is 47.4. The van der Waals surface area contributed by atoms with Gasteiger partial charge in [0.2, 0.25) is 6.29 Å². The van der Waals surface area contributed by atoms with E-state index in [4.69, 9.17) is 23.7 Å². The average molecular weight is 927 g/mol. The molecule has 0 radical (unpaired) electrons. The molecule has 3 saturated heterocycles. The van der Waals surface area contributed by atoms with E-state index >= 15 is 0 Å². The predicted molar refractivity (Wildman–Crippen MR) is 229 cm³/mol. The van der Waals surface area contributed by atoms with Gasteiger partial charge in [0, 0.05) is 11.3 Å². The maximum atomic E-state index is 14.7. The summed E-state index contributed by atoms with van der Waals surface area (Å²) in [5, 5.41) is 117. The summed E-state index contributed by atoms with van der Waals surface area (Å²) in [5.41, 5.74) is -1.17. The van der Waals surface area contributed by atoms with E-state index in [0.29, 0.717) is 19.3 Å². The Bertz CT molecular complexity index is 1760. The third-order valence-electron chi connectivity index (χ3n) is 19.6. The van der Waals surface area contributed by atoms with Crippen LogP contribution in [0.3, 0.4) is 0 Å². The van der Waals surface area contributed by atoms with Crippen LogP contribution in [-0.2, 0) is 28.5 Å². The van der Waals surface area contributed by atoms with Crippen molar-refractivity contribution in [1.29, 1.82) is 0 Å². The zero-order valence-electron chi connectivity index (χ0n) is 38.9. The second-order valence-corrected chi connectivity index (χ2v) is 23.3. The minimum absolute atomic E-state index is 0.0168. The fourth-order valence-corrected chi connectivity index (χ4v) is 15.3. The summed E-state index contributed by atoms with van der Waals surface area (Å²) in [6.45, 7) is 12.1. The number of ether oxygens (including phenoxy) is 5. The summed E-state index contributed by atoms with van der Waals surface area (Å²) in [5.74, 6) is -1.35. The van der Waals surface area contributed by atoms with Crippen molar-refractivity contribution in [3.8, 4) is 0 Å². The standard InChI is InChI=1S/C48H78O17/c1-43(2)13-15-48(42(60)65-41-39(59)38(58)36(56)29(20-50)63-41)16-14-46(5)24(25(48)18-43)7-8-31-44(3)11-10-32(45(4,22-51)30(44)9-12-47(31,46)6)64-40-23(33(53)26(52)21-61-40)17-27-34(54)37(57)35(55)28(19-49)62-27/h7,23,25-41,49-59H,8-22H2,1-6H3/t23-,25+,26+,27+,28-,29-,30?,31?,32+,33-,34+,35-,36-,37-,38+,39-,40+,41+,44+,45+,46-,47-,48+/m1/s1. The highest BCUT2D eigenvalue weighted by molar-refractivity contribution is 5.79. The summed E-state index contributed by atoms with van der Waals surface area (Å²) in [6.07, 6.45) is -9.38. The molecule has 8 aliphatic rings. The lowest BCUT2D eigenvalue weighted by atomic mass is 9.33. The van der Waals surface area contributed by atoms with Crippen molar-refractivity contribution in [2.75, 3.05) is 26.4 Å². The number of hydrogen-bond donors (Lipinski definition) is 11. The van der Waals surface area contributed by atoms with Crippen LogP contribution >= 0.6 is 0 Å². The normalized spacial score (nSPS) is 54.3. The smallest absolute Gasteiger partial charge is 0.315 e. The molecule has 7 fully saturated rings. The number of rotatable bonds is 9. The number of hydrogen-bond acceptors (Lipinski definition) is 17. The number of aliphatic hydroxyl groups is 11. The number of carbonyl (C=O) groups is 1. The van der Waals surface area contributed by atoms with E-state index in [0.717, 1.165) is 44.9 Å². The second kappa shape index (κ2) is 17.8. The van der Waals surface area contributed by atoms with E-state index in [1.807, 2.05) is 0 Å². The van der Waals surface area contributed by atoms with E-state index in [9.17, 15) is 61.0 Å². The summed E-state index contributed by atoms with van der Waals surface area (Å²) in [7, 11) is 0. The Hall–Kier alpha value is -1.39. The van der Waals surface area contributed by atoms with Gasteiger partial charge in [-0.3, -0.25) is 4.79 Å². The summed E-state index contributed by atoms with van der Waals surface area (Å²) in [4.78, 5) is 14.7. The molecule has 65 heavy (non-hydrogen) atoms. The molecular weight excluding hydrogens is 849 g/mol. The number of allylic oxidation sites excluding steroid dienone is 2. The minimum Gasteiger partial charge on any atom is -0.432 e. The lowest BCUT2D eigenvalue weighted by Gasteiger charge is -2.71. The van der Waals surface area contributed by atoms with Crippen molar-refractivity contribution >= 4 is 5.97 Å². The molecule has 4 saturated carbocycles. The molecule has 0 aromatic heterocycles. The number of aliphatic hydroxyl groups excluding tert-OH is 11. The monoisotopic (exact) mass is 927 g/mol. The Morgan fingerprint density at radius 1 is 0.692 bits per heavy atom. The van der Waals surface area contributed by atoms with Gasteiger partial charge >= 0.3 is 5.97 Å². The number of fused-ring (bicyclic) bond motifs is 7. The molecule has 0 amide bonds. The van der Waals surface area contributed by atoms with Crippen molar-refractivity contribution in [2.45, 2.75) is 198 Å². The summed E-state index contributed by atoms with van der Waals surface area (Å²) < 4.78 is 30.4. The third kappa shape index (κ3) is 7.81. The lowest BCUT2D eigenvalue weighted by molar-refractivity contribution is -0.310.